The van der Waals surface area contributed by atoms with Gasteiger partial charge in [-0.2, -0.15) is 5.10 Å². The van der Waals surface area contributed by atoms with Crippen molar-refractivity contribution >= 4 is 0 Å². The number of imidazole rings is 1. The summed E-state index contributed by atoms with van der Waals surface area (Å²) in [7, 11) is 0. The molecule has 0 spiro atoms. The Bertz CT molecular complexity index is 1590. The molecule has 0 aliphatic carbocycles. The zero-order chi connectivity index (χ0) is 28.9. The van der Waals surface area contributed by atoms with Crippen LogP contribution in [0, 0.1) is 19.3 Å². The highest BCUT2D eigenvalue weighted by Gasteiger charge is 2.37. The first-order valence-corrected chi connectivity index (χ1v) is 14.6. The molecule has 1 aliphatic rings. The molecule has 7 nitrogen and oxygen atoms in total. The van der Waals surface area contributed by atoms with Gasteiger partial charge in [-0.1, -0.05) is 97.9 Å². The largest absolute Gasteiger partial charge is 0.379 e. The molecule has 6 rings (SSSR count). The van der Waals surface area contributed by atoms with Gasteiger partial charge in [-0.05, 0) is 25.5 Å². The van der Waals surface area contributed by atoms with E-state index in [0.717, 1.165) is 46.3 Å². The zero-order valence-electron chi connectivity index (χ0n) is 24.6. The van der Waals surface area contributed by atoms with Gasteiger partial charge in [-0.25, -0.2) is 4.98 Å². The van der Waals surface area contributed by atoms with Gasteiger partial charge in [0, 0.05) is 28.8 Å². The van der Waals surface area contributed by atoms with E-state index in [1.165, 1.54) is 5.56 Å². The third kappa shape index (κ3) is 6.23. The highest BCUT2D eigenvalue weighted by Crippen LogP contribution is 2.38. The normalized spacial score (nSPS) is 18.8. The molecule has 2 aromatic heterocycles. The van der Waals surface area contributed by atoms with Gasteiger partial charge < -0.3 is 18.8 Å². The second-order valence-corrected chi connectivity index (χ2v) is 11.4. The summed E-state index contributed by atoms with van der Waals surface area (Å²) in [5.41, 5.74) is 7.22. The van der Waals surface area contributed by atoms with Crippen LogP contribution < -0.4 is 0 Å². The van der Waals surface area contributed by atoms with Crippen molar-refractivity contribution in [3.63, 3.8) is 0 Å². The number of nitrogens with zero attached hydrogens (tertiary/aromatic N) is 4. The van der Waals surface area contributed by atoms with Crippen LogP contribution in [0.2, 0.25) is 0 Å². The summed E-state index contributed by atoms with van der Waals surface area (Å²) < 4.78 is 23.2. The predicted octanol–water partition coefficient (Wildman–Crippen LogP) is 6.85. The second kappa shape index (κ2) is 12.4. The molecule has 0 bridgehead atoms. The number of aromatic nitrogens is 4. The predicted molar refractivity (Wildman–Crippen MR) is 164 cm³/mol. The quantitative estimate of drug-likeness (QED) is 0.174. The maximum atomic E-state index is 6.43. The highest BCUT2D eigenvalue weighted by atomic mass is 16.7. The summed E-state index contributed by atoms with van der Waals surface area (Å²) in [6.45, 7) is 9.75. The minimum absolute atomic E-state index is 0.257. The fourth-order valence-corrected chi connectivity index (χ4v) is 5.51. The number of hydrogen-bond acceptors (Lipinski definition) is 5. The van der Waals surface area contributed by atoms with E-state index in [2.05, 4.69) is 90.2 Å². The smallest absolute Gasteiger partial charge is 0.217 e. The maximum absolute atomic E-state index is 6.43. The Hall–Kier alpha value is -4.04. The van der Waals surface area contributed by atoms with Crippen LogP contribution in [0.5, 0.6) is 0 Å². The van der Waals surface area contributed by atoms with Gasteiger partial charge in [0.05, 0.1) is 50.1 Å². The lowest BCUT2D eigenvalue weighted by atomic mass is 9.93. The number of aryl methyl sites for hydroxylation is 2. The molecule has 0 N–H and O–H groups in total. The Morgan fingerprint density at radius 1 is 0.857 bits per heavy atom. The van der Waals surface area contributed by atoms with Crippen molar-refractivity contribution in [1.29, 1.82) is 0 Å². The first kappa shape index (κ1) is 28.1. The van der Waals surface area contributed by atoms with E-state index in [9.17, 15) is 0 Å². The van der Waals surface area contributed by atoms with Crippen molar-refractivity contribution in [3.05, 3.63) is 120 Å². The molecular weight excluding hydrogens is 524 g/mol. The molecule has 3 aromatic carbocycles. The Morgan fingerprint density at radius 3 is 2.10 bits per heavy atom. The Kier molecular flexibility index (Phi) is 8.33. The monoisotopic (exact) mass is 562 g/mol. The lowest BCUT2D eigenvalue weighted by molar-refractivity contribution is -0.243. The number of hydrogen-bond donors (Lipinski definition) is 0. The van der Waals surface area contributed by atoms with Gasteiger partial charge in [0.25, 0.3) is 0 Å². The van der Waals surface area contributed by atoms with Gasteiger partial charge in [-0.3, -0.25) is 4.68 Å². The summed E-state index contributed by atoms with van der Waals surface area (Å²) in [5, 5.41) is 4.52. The molecule has 0 atom stereocenters. The Labute approximate surface area is 247 Å². The molecular formula is C35H38N4O3. The molecule has 0 saturated carbocycles. The van der Waals surface area contributed by atoms with Gasteiger partial charge in [-0.15, -0.1) is 0 Å². The fourth-order valence-electron chi connectivity index (χ4n) is 5.51. The van der Waals surface area contributed by atoms with Crippen molar-refractivity contribution in [2.75, 3.05) is 26.4 Å². The molecule has 1 fully saturated rings. The first-order chi connectivity index (χ1) is 20.5. The van der Waals surface area contributed by atoms with Crippen LogP contribution in [-0.4, -0.2) is 45.8 Å². The van der Waals surface area contributed by atoms with Crippen molar-refractivity contribution in [3.8, 4) is 22.5 Å². The van der Waals surface area contributed by atoms with Crippen LogP contribution in [0.25, 0.3) is 22.5 Å². The minimum Gasteiger partial charge on any atom is -0.379 e. The number of ether oxygens (including phenoxy) is 3. The van der Waals surface area contributed by atoms with E-state index < -0.39 is 6.29 Å². The van der Waals surface area contributed by atoms with Gasteiger partial charge in [0.1, 0.15) is 0 Å². The maximum Gasteiger partial charge on any atom is 0.217 e. The van der Waals surface area contributed by atoms with Crippen LogP contribution in [0.4, 0.5) is 0 Å². The van der Waals surface area contributed by atoms with Crippen LogP contribution >= 0.6 is 0 Å². The van der Waals surface area contributed by atoms with Gasteiger partial charge >= 0.3 is 0 Å². The molecule has 3 heterocycles. The Balaban J connectivity index is 1.25. The fraction of sp³-hybridized carbons (Fsp3) is 0.314. The van der Waals surface area contributed by atoms with Crippen LogP contribution in [0.1, 0.15) is 36.0 Å². The van der Waals surface area contributed by atoms with Crippen molar-refractivity contribution in [1.82, 2.24) is 19.3 Å². The molecule has 42 heavy (non-hydrogen) atoms. The zero-order valence-corrected chi connectivity index (χ0v) is 24.6. The van der Waals surface area contributed by atoms with E-state index in [0.29, 0.717) is 33.0 Å². The van der Waals surface area contributed by atoms with E-state index in [1.807, 2.05) is 41.9 Å². The topological polar surface area (TPSA) is 63.3 Å². The van der Waals surface area contributed by atoms with Crippen LogP contribution in [-0.2, 0) is 27.3 Å². The summed E-state index contributed by atoms with van der Waals surface area (Å²) in [6, 6.07) is 33.3. The lowest BCUT2D eigenvalue weighted by Gasteiger charge is -2.37. The summed E-state index contributed by atoms with van der Waals surface area (Å²) in [5.74, 6) is 0.768. The van der Waals surface area contributed by atoms with Gasteiger partial charge in [0.2, 0.25) is 6.29 Å². The standard InChI is InChI=1S/C35H38N4O3/c1-26-21-27(2)39(37-26)19-20-40-23-35(3)24-41-34(42-25-35)33-36-31(29-15-9-5-10-16-29)32(30-17-11-6-12-18-30)38(33)22-28-13-7-4-8-14-28/h4-18,21,34H,19-20,22-25H2,1-3H3/t34-,35+. The average Bonchev–Trinajstić information content (AvgIpc) is 3.55. The average molecular weight is 563 g/mol. The molecule has 0 amide bonds. The van der Waals surface area contributed by atoms with E-state index in [4.69, 9.17) is 19.2 Å². The van der Waals surface area contributed by atoms with Crippen LogP contribution in [0.3, 0.4) is 0 Å². The first-order valence-electron chi connectivity index (χ1n) is 14.6. The molecule has 1 aliphatic heterocycles. The molecule has 7 heteroatoms. The minimum atomic E-state index is -0.587. The molecule has 5 aromatic rings. The summed E-state index contributed by atoms with van der Waals surface area (Å²) in [6.07, 6.45) is -0.587. The second-order valence-electron chi connectivity index (χ2n) is 11.4. The van der Waals surface area contributed by atoms with Crippen LogP contribution in [0.15, 0.2) is 97.1 Å². The Morgan fingerprint density at radius 2 is 1.48 bits per heavy atom. The van der Waals surface area contributed by atoms with Crippen molar-refractivity contribution < 1.29 is 14.2 Å². The highest BCUT2D eigenvalue weighted by molar-refractivity contribution is 5.79. The summed E-state index contributed by atoms with van der Waals surface area (Å²) in [4.78, 5) is 5.22. The third-order valence-electron chi connectivity index (χ3n) is 7.65. The van der Waals surface area contributed by atoms with Crippen molar-refractivity contribution in [2.24, 2.45) is 5.41 Å². The van der Waals surface area contributed by atoms with E-state index in [-0.39, 0.29) is 5.41 Å². The third-order valence-corrected chi connectivity index (χ3v) is 7.65. The van der Waals surface area contributed by atoms with E-state index >= 15 is 0 Å². The van der Waals surface area contributed by atoms with Crippen molar-refractivity contribution in [2.45, 2.75) is 40.2 Å². The molecule has 1 saturated heterocycles. The number of benzene rings is 3. The van der Waals surface area contributed by atoms with Gasteiger partial charge in [0.15, 0.2) is 5.82 Å². The lowest BCUT2D eigenvalue weighted by Crippen LogP contribution is -2.40. The van der Waals surface area contributed by atoms with E-state index in [1.54, 1.807) is 0 Å². The SMILES string of the molecule is Cc1cc(C)n(CCOC[C@]2(C)CO[C@H](c3nc(-c4ccccc4)c(-c4ccccc4)n3Cc3ccccc3)OC2)n1. The molecule has 0 unspecified atom stereocenters. The molecule has 216 valence electrons. The summed E-state index contributed by atoms with van der Waals surface area (Å²) >= 11 is 0. The number of rotatable bonds is 10. The molecule has 0 radical (unpaired) electrons.